The van der Waals surface area contributed by atoms with Crippen molar-refractivity contribution in [2.45, 2.75) is 19.4 Å². The summed E-state index contributed by atoms with van der Waals surface area (Å²) in [4.78, 5) is 0. The minimum Gasteiger partial charge on any atom is -0.493 e. The van der Waals surface area contributed by atoms with Gasteiger partial charge in [-0.2, -0.15) is 5.26 Å². The molecule has 2 aromatic rings. The average molecular weight is 396 g/mol. The molecule has 2 N–H and O–H groups in total. The van der Waals surface area contributed by atoms with Crippen molar-refractivity contribution in [1.82, 2.24) is 5.32 Å². The fourth-order valence-electron chi connectivity index (χ4n) is 2.78. The lowest BCUT2D eigenvalue weighted by Gasteiger charge is -2.14. The minimum atomic E-state index is -0.611. The van der Waals surface area contributed by atoms with Gasteiger partial charge in [-0.3, -0.25) is 0 Å². The Kier molecular flexibility index (Phi) is 9.03. The number of methoxy groups -OCH3 is 2. The molecule has 0 amide bonds. The summed E-state index contributed by atoms with van der Waals surface area (Å²) in [5.74, 6) is 2.10. The van der Waals surface area contributed by atoms with Gasteiger partial charge in [0, 0.05) is 12.6 Å². The number of nitrogens with zero attached hydrogens (tertiary/aromatic N) is 1. The molecule has 6 heteroatoms. The maximum absolute atomic E-state index is 10.1. The van der Waals surface area contributed by atoms with E-state index in [1.807, 2.05) is 55.5 Å². The summed E-state index contributed by atoms with van der Waals surface area (Å²) in [7, 11) is 3.23. The predicted octanol–water partition coefficient (Wildman–Crippen LogP) is 3.20. The molecule has 1 atom stereocenters. The Balaban J connectivity index is 1.70. The number of nitriles is 1. The highest BCUT2D eigenvalue weighted by molar-refractivity contribution is 5.66. The van der Waals surface area contributed by atoms with Crippen molar-refractivity contribution in [1.29, 1.82) is 5.26 Å². The zero-order valence-corrected chi connectivity index (χ0v) is 17.1. The number of ether oxygens (including phenoxy) is 3. The molecule has 154 valence electrons. The van der Waals surface area contributed by atoms with Gasteiger partial charge in [0.15, 0.2) is 11.5 Å². The zero-order valence-electron chi connectivity index (χ0n) is 17.1. The van der Waals surface area contributed by atoms with E-state index < -0.39 is 6.10 Å². The van der Waals surface area contributed by atoms with Gasteiger partial charge in [0.05, 0.1) is 20.3 Å². The molecule has 0 aliphatic rings. The van der Waals surface area contributed by atoms with Crippen LogP contribution in [-0.2, 0) is 6.42 Å². The number of aliphatic hydroxyl groups excluding tert-OH is 1. The number of hydrogen-bond acceptors (Lipinski definition) is 6. The van der Waals surface area contributed by atoms with E-state index in [1.54, 1.807) is 14.2 Å². The number of nitrogens with one attached hydrogen (secondary N) is 1. The second-order valence-corrected chi connectivity index (χ2v) is 6.59. The molecule has 0 radical (unpaired) electrons. The van der Waals surface area contributed by atoms with E-state index in [1.165, 1.54) is 6.08 Å². The maximum atomic E-state index is 10.1. The quantitative estimate of drug-likeness (QED) is 0.448. The maximum Gasteiger partial charge on any atom is 0.160 e. The van der Waals surface area contributed by atoms with Gasteiger partial charge >= 0.3 is 0 Å². The molecule has 0 aliphatic carbocycles. The molecule has 0 saturated heterocycles. The van der Waals surface area contributed by atoms with Gasteiger partial charge in [-0.15, -0.1) is 0 Å². The minimum absolute atomic E-state index is 0.204. The van der Waals surface area contributed by atoms with Crippen molar-refractivity contribution in [2.75, 3.05) is 33.9 Å². The third-order valence-corrected chi connectivity index (χ3v) is 4.45. The van der Waals surface area contributed by atoms with Crippen molar-refractivity contribution >= 4 is 5.57 Å². The topological polar surface area (TPSA) is 83.7 Å². The highest BCUT2D eigenvalue weighted by Crippen LogP contribution is 2.27. The third kappa shape index (κ3) is 7.15. The first-order valence-electron chi connectivity index (χ1n) is 9.46. The van der Waals surface area contributed by atoms with Gasteiger partial charge in [-0.25, -0.2) is 0 Å². The van der Waals surface area contributed by atoms with Crippen LogP contribution in [0.1, 0.15) is 18.1 Å². The Hall–Kier alpha value is -3.01. The molecule has 0 unspecified atom stereocenters. The van der Waals surface area contributed by atoms with Gasteiger partial charge < -0.3 is 24.6 Å². The summed E-state index contributed by atoms with van der Waals surface area (Å²) >= 11 is 0. The Morgan fingerprint density at radius 2 is 1.86 bits per heavy atom. The van der Waals surface area contributed by atoms with Crippen LogP contribution in [0.4, 0.5) is 0 Å². The summed E-state index contributed by atoms with van der Waals surface area (Å²) in [6.45, 7) is 3.26. The molecular formula is C23H28N2O4. The molecular weight excluding hydrogens is 368 g/mol. The van der Waals surface area contributed by atoms with Gasteiger partial charge in [-0.05, 0) is 60.9 Å². The van der Waals surface area contributed by atoms with E-state index in [0.29, 0.717) is 23.8 Å². The summed E-state index contributed by atoms with van der Waals surface area (Å²) in [6, 6.07) is 15.3. The molecule has 0 spiro atoms. The predicted molar refractivity (Wildman–Crippen MR) is 113 cm³/mol. The van der Waals surface area contributed by atoms with Crippen LogP contribution in [0.2, 0.25) is 0 Å². The van der Waals surface area contributed by atoms with Gasteiger partial charge in [0.2, 0.25) is 0 Å². The van der Waals surface area contributed by atoms with Crippen LogP contribution in [0.3, 0.4) is 0 Å². The second-order valence-electron chi connectivity index (χ2n) is 6.59. The Morgan fingerprint density at radius 1 is 1.14 bits per heavy atom. The van der Waals surface area contributed by atoms with Gasteiger partial charge in [-0.1, -0.05) is 18.2 Å². The Bertz CT molecular complexity index is 841. The van der Waals surface area contributed by atoms with Crippen LogP contribution in [0.15, 0.2) is 48.5 Å². The number of aliphatic hydroxyl groups is 1. The smallest absolute Gasteiger partial charge is 0.160 e. The van der Waals surface area contributed by atoms with Gasteiger partial charge in [0.1, 0.15) is 18.5 Å². The fraction of sp³-hybridized carbons (Fsp3) is 0.348. The Labute approximate surface area is 172 Å². The van der Waals surface area contributed by atoms with Crippen LogP contribution in [0.25, 0.3) is 5.57 Å². The number of benzene rings is 2. The molecule has 0 aliphatic heterocycles. The van der Waals surface area contributed by atoms with Crippen LogP contribution in [0, 0.1) is 11.3 Å². The number of hydrogen-bond donors (Lipinski definition) is 2. The fourth-order valence-corrected chi connectivity index (χ4v) is 2.78. The molecule has 0 heterocycles. The first-order chi connectivity index (χ1) is 14.1. The standard InChI is InChI=1S/C23H28N2O4/c1-17(10-12-24)19-5-7-21(8-6-19)29-16-20(26)15-25-13-11-18-4-9-22(27-2)23(14-18)28-3/h4-10,14,20,25-26H,11,13,15-16H2,1-3H3/b17-10+/t20-/m1/s1. The molecule has 2 rings (SSSR count). The summed E-state index contributed by atoms with van der Waals surface area (Å²) in [5, 5.41) is 22.0. The van der Waals surface area contributed by atoms with Crippen LogP contribution in [0.5, 0.6) is 17.2 Å². The molecule has 0 bridgehead atoms. The zero-order chi connectivity index (χ0) is 21.1. The molecule has 2 aromatic carbocycles. The normalized spacial score (nSPS) is 12.2. The van der Waals surface area contributed by atoms with E-state index in [9.17, 15) is 5.11 Å². The van der Waals surface area contributed by atoms with E-state index >= 15 is 0 Å². The lowest BCUT2D eigenvalue weighted by atomic mass is 10.1. The van der Waals surface area contributed by atoms with E-state index in [-0.39, 0.29) is 6.61 Å². The molecule has 6 nitrogen and oxygen atoms in total. The number of allylic oxidation sites excluding steroid dienone is 2. The lowest BCUT2D eigenvalue weighted by molar-refractivity contribution is 0.106. The van der Waals surface area contributed by atoms with Crippen molar-refractivity contribution in [3.8, 4) is 23.3 Å². The van der Waals surface area contributed by atoms with Gasteiger partial charge in [0.25, 0.3) is 0 Å². The number of rotatable bonds is 11. The lowest BCUT2D eigenvalue weighted by Crippen LogP contribution is -2.32. The molecule has 0 saturated carbocycles. The first-order valence-corrected chi connectivity index (χ1v) is 9.46. The largest absolute Gasteiger partial charge is 0.493 e. The van der Waals surface area contributed by atoms with Crippen LogP contribution < -0.4 is 19.5 Å². The summed E-state index contributed by atoms with van der Waals surface area (Å²) < 4.78 is 16.2. The van der Waals surface area contributed by atoms with E-state index in [2.05, 4.69) is 5.32 Å². The average Bonchev–Trinajstić information content (AvgIpc) is 2.75. The van der Waals surface area contributed by atoms with E-state index in [0.717, 1.165) is 29.7 Å². The second kappa shape index (κ2) is 11.7. The van der Waals surface area contributed by atoms with Crippen LogP contribution in [-0.4, -0.2) is 45.1 Å². The van der Waals surface area contributed by atoms with Crippen molar-refractivity contribution < 1.29 is 19.3 Å². The SMILES string of the molecule is COc1ccc(CCNC[C@@H](O)COc2ccc(/C(C)=C/C#N)cc2)cc1OC. The highest BCUT2D eigenvalue weighted by Gasteiger charge is 2.07. The molecule has 0 aromatic heterocycles. The van der Waals surface area contributed by atoms with E-state index in [4.69, 9.17) is 19.5 Å². The molecule has 29 heavy (non-hydrogen) atoms. The third-order valence-electron chi connectivity index (χ3n) is 4.45. The monoisotopic (exact) mass is 396 g/mol. The van der Waals surface area contributed by atoms with Crippen LogP contribution >= 0.6 is 0 Å². The summed E-state index contributed by atoms with van der Waals surface area (Å²) in [5.41, 5.74) is 3.00. The van der Waals surface area contributed by atoms with Crippen molar-refractivity contribution in [2.24, 2.45) is 0 Å². The highest BCUT2D eigenvalue weighted by atomic mass is 16.5. The first kappa shape index (κ1) is 22.3. The molecule has 0 fully saturated rings. The summed E-state index contributed by atoms with van der Waals surface area (Å²) in [6.07, 6.45) is 1.71. The Morgan fingerprint density at radius 3 is 2.52 bits per heavy atom. The van der Waals surface area contributed by atoms with Crippen molar-refractivity contribution in [3.05, 3.63) is 59.7 Å². The van der Waals surface area contributed by atoms with Crippen molar-refractivity contribution in [3.63, 3.8) is 0 Å².